The van der Waals surface area contributed by atoms with Gasteiger partial charge in [0.15, 0.2) is 0 Å². The highest BCUT2D eigenvalue weighted by Crippen LogP contribution is 2.18. The lowest BCUT2D eigenvalue weighted by Gasteiger charge is -2.14. The molecule has 1 heterocycles. The molecule has 6 heteroatoms. The number of nitrogens with one attached hydrogen (secondary N) is 2. The van der Waals surface area contributed by atoms with Crippen LogP contribution in [0.4, 0.5) is 11.6 Å². The first-order valence-corrected chi connectivity index (χ1v) is 9.03. The summed E-state index contributed by atoms with van der Waals surface area (Å²) in [5, 5.41) is 8.48. The Morgan fingerprint density at radius 2 is 1.81 bits per heavy atom. The average molecular weight is 363 g/mol. The molecule has 0 bridgehead atoms. The molecule has 0 atom stereocenters. The summed E-state index contributed by atoms with van der Waals surface area (Å²) in [6.45, 7) is 3.00. The maximum Gasteiger partial charge on any atom is 0.224 e. The first kappa shape index (κ1) is 18.6. The summed E-state index contributed by atoms with van der Waals surface area (Å²) in [4.78, 5) is 23.0. The Morgan fingerprint density at radius 1 is 1.04 bits per heavy atom. The molecule has 0 unspecified atom stereocenters. The van der Waals surface area contributed by atoms with Gasteiger partial charge in [-0.05, 0) is 23.3 Å². The van der Waals surface area contributed by atoms with Crippen LogP contribution >= 0.6 is 0 Å². The molecule has 0 spiro atoms. The molecule has 0 aliphatic heterocycles. The summed E-state index contributed by atoms with van der Waals surface area (Å²) in [5.74, 6) is 2.34. The number of aromatic nitrogens is 2. The second kappa shape index (κ2) is 8.49. The Morgan fingerprint density at radius 3 is 2.63 bits per heavy atom. The van der Waals surface area contributed by atoms with Crippen molar-refractivity contribution >= 4 is 28.3 Å². The molecule has 27 heavy (non-hydrogen) atoms. The van der Waals surface area contributed by atoms with Crippen LogP contribution in [-0.2, 0) is 11.2 Å². The van der Waals surface area contributed by atoms with Crippen LogP contribution in [-0.4, -0.2) is 43.1 Å². The van der Waals surface area contributed by atoms with Crippen LogP contribution in [0.5, 0.6) is 0 Å². The van der Waals surface area contributed by atoms with E-state index in [-0.39, 0.29) is 5.91 Å². The molecular formula is C21H25N5O. The van der Waals surface area contributed by atoms with Gasteiger partial charge in [0.05, 0.1) is 6.42 Å². The molecule has 3 aromatic rings. The third-order valence-corrected chi connectivity index (χ3v) is 4.27. The lowest BCUT2D eigenvalue weighted by atomic mass is 10.0. The van der Waals surface area contributed by atoms with Crippen LogP contribution in [0, 0.1) is 6.92 Å². The van der Waals surface area contributed by atoms with E-state index >= 15 is 0 Å². The molecule has 0 aliphatic carbocycles. The minimum Gasteiger partial charge on any atom is -0.368 e. The van der Waals surface area contributed by atoms with Crippen LogP contribution in [0.1, 0.15) is 11.4 Å². The lowest BCUT2D eigenvalue weighted by molar-refractivity contribution is -0.120. The molecule has 0 radical (unpaired) electrons. The highest BCUT2D eigenvalue weighted by atomic mass is 16.1. The zero-order valence-corrected chi connectivity index (χ0v) is 16.0. The van der Waals surface area contributed by atoms with Crippen molar-refractivity contribution in [1.82, 2.24) is 15.3 Å². The largest absolute Gasteiger partial charge is 0.368 e. The first-order chi connectivity index (χ1) is 13.0. The van der Waals surface area contributed by atoms with Crippen LogP contribution in [0.3, 0.4) is 0 Å². The van der Waals surface area contributed by atoms with Crippen molar-refractivity contribution in [2.45, 2.75) is 13.3 Å². The average Bonchev–Trinajstić information content (AvgIpc) is 2.65. The topological polar surface area (TPSA) is 70.2 Å². The van der Waals surface area contributed by atoms with Crippen LogP contribution in [0.15, 0.2) is 48.5 Å². The predicted octanol–water partition coefficient (Wildman–Crippen LogP) is 2.78. The Labute approximate surface area is 159 Å². The summed E-state index contributed by atoms with van der Waals surface area (Å²) in [7, 11) is 3.89. The Balaban J connectivity index is 1.51. The number of hydrogen-bond acceptors (Lipinski definition) is 5. The lowest BCUT2D eigenvalue weighted by Crippen LogP contribution is -2.30. The van der Waals surface area contributed by atoms with Crippen molar-refractivity contribution in [2.24, 2.45) is 0 Å². The van der Waals surface area contributed by atoms with Gasteiger partial charge < -0.3 is 15.5 Å². The minimum absolute atomic E-state index is 0.0148. The van der Waals surface area contributed by atoms with E-state index in [0.717, 1.165) is 28.0 Å². The van der Waals surface area contributed by atoms with Gasteiger partial charge in [-0.15, -0.1) is 0 Å². The normalized spacial score (nSPS) is 10.6. The summed E-state index contributed by atoms with van der Waals surface area (Å²) in [5.41, 5.74) is 1.04. The Hall–Kier alpha value is -3.15. The van der Waals surface area contributed by atoms with Gasteiger partial charge in [-0.1, -0.05) is 42.5 Å². The van der Waals surface area contributed by atoms with Crippen LogP contribution < -0.4 is 15.5 Å². The molecule has 0 aliphatic rings. The Kier molecular flexibility index (Phi) is 5.86. The SMILES string of the molecule is Cc1nc(NCCNC(=O)Cc2cccc3ccccc23)cc(N(C)C)n1. The van der Waals surface area contributed by atoms with Crippen molar-refractivity contribution in [2.75, 3.05) is 37.4 Å². The number of rotatable bonds is 7. The standard InChI is InChI=1S/C21H25N5O/c1-15-24-19(14-20(25-15)26(2)3)22-11-12-23-21(27)13-17-9-6-8-16-7-4-5-10-18(16)17/h4-10,14H,11-13H2,1-3H3,(H,23,27)(H,22,24,25). The highest BCUT2D eigenvalue weighted by Gasteiger charge is 2.07. The van der Waals surface area contributed by atoms with E-state index < -0.39 is 0 Å². The molecule has 1 aromatic heterocycles. The maximum absolute atomic E-state index is 12.3. The molecule has 0 saturated heterocycles. The van der Waals surface area contributed by atoms with Gasteiger partial charge in [-0.3, -0.25) is 4.79 Å². The second-order valence-electron chi connectivity index (χ2n) is 6.64. The zero-order valence-electron chi connectivity index (χ0n) is 16.0. The number of fused-ring (bicyclic) bond motifs is 1. The van der Waals surface area contributed by atoms with Gasteiger partial charge in [0.2, 0.25) is 5.91 Å². The summed E-state index contributed by atoms with van der Waals surface area (Å²) in [6, 6.07) is 16.1. The van der Waals surface area contributed by atoms with E-state index in [9.17, 15) is 4.79 Å². The molecule has 140 valence electrons. The van der Waals surface area contributed by atoms with E-state index in [2.05, 4.69) is 38.8 Å². The van der Waals surface area contributed by atoms with Crippen molar-refractivity contribution in [3.63, 3.8) is 0 Å². The first-order valence-electron chi connectivity index (χ1n) is 9.03. The summed E-state index contributed by atoms with van der Waals surface area (Å²) in [6.07, 6.45) is 0.374. The van der Waals surface area contributed by atoms with Gasteiger partial charge in [-0.25, -0.2) is 9.97 Å². The maximum atomic E-state index is 12.3. The number of benzene rings is 2. The molecular weight excluding hydrogens is 338 g/mol. The molecule has 6 nitrogen and oxygen atoms in total. The minimum atomic E-state index is 0.0148. The monoisotopic (exact) mass is 363 g/mol. The molecule has 1 amide bonds. The van der Waals surface area contributed by atoms with Gasteiger partial charge in [0.25, 0.3) is 0 Å². The van der Waals surface area contributed by atoms with Gasteiger partial charge in [0.1, 0.15) is 17.5 Å². The molecule has 0 saturated carbocycles. The molecule has 3 rings (SSSR count). The van der Waals surface area contributed by atoms with Crippen molar-refractivity contribution in [3.8, 4) is 0 Å². The predicted molar refractivity (Wildman–Crippen MR) is 110 cm³/mol. The third kappa shape index (κ3) is 4.94. The number of anilines is 2. The van der Waals surface area contributed by atoms with Crippen molar-refractivity contribution in [3.05, 3.63) is 59.9 Å². The second-order valence-corrected chi connectivity index (χ2v) is 6.64. The van der Waals surface area contributed by atoms with Crippen molar-refractivity contribution < 1.29 is 4.79 Å². The fraction of sp³-hybridized carbons (Fsp3) is 0.286. The number of carbonyl (C=O) groups is 1. The van der Waals surface area contributed by atoms with E-state index in [0.29, 0.717) is 25.3 Å². The van der Waals surface area contributed by atoms with Crippen LogP contribution in [0.25, 0.3) is 10.8 Å². The number of carbonyl (C=O) groups excluding carboxylic acids is 1. The molecule has 0 fully saturated rings. The summed E-state index contributed by atoms with van der Waals surface area (Å²) < 4.78 is 0. The van der Waals surface area contributed by atoms with Crippen molar-refractivity contribution in [1.29, 1.82) is 0 Å². The smallest absolute Gasteiger partial charge is 0.224 e. The van der Waals surface area contributed by atoms with E-state index in [4.69, 9.17) is 0 Å². The fourth-order valence-electron chi connectivity index (χ4n) is 2.95. The van der Waals surface area contributed by atoms with Gasteiger partial charge in [-0.2, -0.15) is 0 Å². The zero-order chi connectivity index (χ0) is 19.2. The highest BCUT2D eigenvalue weighted by molar-refractivity contribution is 5.90. The molecule has 2 N–H and O–H groups in total. The van der Waals surface area contributed by atoms with E-state index in [1.54, 1.807) is 0 Å². The number of nitrogens with zero attached hydrogens (tertiary/aromatic N) is 3. The number of amides is 1. The fourth-order valence-corrected chi connectivity index (χ4v) is 2.95. The number of hydrogen-bond donors (Lipinski definition) is 2. The third-order valence-electron chi connectivity index (χ3n) is 4.27. The van der Waals surface area contributed by atoms with E-state index in [1.807, 2.05) is 56.3 Å². The van der Waals surface area contributed by atoms with Crippen LogP contribution in [0.2, 0.25) is 0 Å². The summed E-state index contributed by atoms with van der Waals surface area (Å²) >= 11 is 0. The quantitative estimate of drug-likeness (QED) is 0.632. The van der Waals surface area contributed by atoms with Gasteiger partial charge >= 0.3 is 0 Å². The Bertz CT molecular complexity index is 934. The van der Waals surface area contributed by atoms with E-state index in [1.165, 1.54) is 0 Å². The number of aryl methyl sites for hydroxylation is 1. The molecule has 2 aromatic carbocycles. The van der Waals surface area contributed by atoms with Gasteiger partial charge in [0, 0.05) is 33.3 Å².